The first-order valence-electron chi connectivity index (χ1n) is 7.92. The maximum atomic E-state index is 12.3. The molecule has 0 amide bonds. The van der Waals surface area contributed by atoms with E-state index >= 15 is 0 Å². The molecule has 0 aliphatic carbocycles. The minimum Gasteiger partial charge on any atom is -0.496 e. The van der Waals surface area contributed by atoms with E-state index in [1.165, 1.54) is 0 Å². The normalized spacial score (nSPS) is 10.9. The Morgan fingerprint density at radius 1 is 1.24 bits per heavy atom. The second kappa shape index (κ2) is 6.76. The molecule has 0 N–H and O–H groups in total. The van der Waals surface area contributed by atoms with E-state index in [2.05, 4.69) is 6.58 Å². The molecular weight excluding hydrogens is 334 g/mol. The van der Waals surface area contributed by atoms with Crippen LogP contribution in [0.15, 0.2) is 46.7 Å². The molecule has 3 aromatic rings. The van der Waals surface area contributed by atoms with E-state index in [1.807, 2.05) is 36.7 Å². The molecule has 3 rings (SSSR count). The summed E-state index contributed by atoms with van der Waals surface area (Å²) in [6.45, 7) is 5.97. The molecular formula is C20H21NO3S. The summed E-state index contributed by atoms with van der Waals surface area (Å²) < 4.78 is 13.8. The molecule has 0 aliphatic heterocycles. The number of nitrogens with zero attached hydrogens (tertiary/aromatic N) is 1. The van der Waals surface area contributed by atoms with Crippen LogP contribution in [0.2, 0.25) is 0 Å². The van der Waals surface area contributed by atoms with Crippen LogP contribution in [0.5, 0.6) is 11.5 Å². The zero-order valence-corrected chi connectivity index (χ0v) is 15.7. The van der Waals surface area contributed by atoms with Crippen LogP contribution in [0.1, 0.15) is 12.5 Å². The first kappa shape index (κ1) is 17.3. The molecule has 0 bridgehead atoms. The maximum Gasteiger partial charge on any atom is 0.259 e. The average Bonchev–Trinajstić information content (AvgIpc) is 3.07. The summed E-state index contributed by atoms with van der Waals surface area (Å²) in [4.78, 5) is 12.3. The molecule has 0 aliphatic rings. The van der Waals surface area contributed by atoms with Gasteiger partial charge in [-0.3, -0.25) is 4.79 Å². The Morgan fingerprint density at radius 3 is 2.44 bits per heavy atom. The fourth-order valence-corrected chi connectivity index (χ4v) is 3.93. The molecule has 2 heterocycles. The van der Waals surface area contributed by atoms with Crippen molar-refractivity contribution in [2.45, 2.75) is 13.3 Å². The van der Waals surface area contributed by atoms with Gasteiger partial charge in [-0.25, -0.2) is 0 Å². The van der Waals surface area contributed by atoms with Crippen molar-refractivity contribution in [1.82, 2.24) is 4.57 Å². The summed E-state index contributed by atoms with van der Waals surface area (Å²) in [5, 5.41) is 2.67. The fraction of sp³-hybridized carbons (Fsp3) is 0.250. The first-order chi connectivity index (χ1) is 12.0. The van der Waals surface area contributed by atoms with E-state index in [-0.39, 0.29) is 5.56 Å². The van der Waals surface area contributed by atoms with Gasteiger partial charge in [-0.05, 0) is 36.1 Å². The molecule has 25 heavy (non-hydrogen) atoms. The molecule has 0 radical (unpaired) electrons. The number of allylic oxidation sites excluding steroid dienone is 1. The van der Waals surface area contributed by atoms with E-state index in [9.17, 15) is 4.79 Å². The lowest BCUT2D eigenvalue weighted by Gasteiger charge is -2.16. The average molecular weight is 355 g/mol. The van der Waals surface area contributed by atoms with Gasteiger partial charge in [0.15, 0.2) is 0 Å². The van der Waals surface area contributed by atoms with Crippen LogP contribution in [-0.4, -0.2) is 18.8 Å². The highest BCUT2D eigenvalue weighted by molar-refractivity contribution is 7.17. The Kier molecular flexibility index (Phi) is 4.68. The fourth-order valence-electron chi connectivity index (χ4n) is 3.01. The highest BCUT2D eigenvalue weighted by Gasteiger charge is 2.17. The van der Waals surface area contributed by atoms with Gasteiger partial charge in [-0.15, -0.1) is 11.3 Å². The van der Waals surface area contributed by atoms with Crippen LogP contribution in [-0.2, 0) is 13.5 Å². The van der Waals surface area contributed by atoms with Crippen molar-refractivity contribution in [2.75, 3.05) is 14.2 Å². The second-order valence-corrected chi connectivity index (χ2v) is 7.03. The Balaban J connectivity index is 2.29. The van der Waals surface area contributed by atoms with Crippen molar-refractivity contribution in [3.05, 3.63) is 57.8 Å². The first-order valence-corrected chi connectivity index (χ1v) is 8.80. The lowest BCUT2D eigenvalue weighted by Crippen LogP contribution is -2.15. The number of benzene rings is 1. The number of methoxy groups -OCH3 is 2. The van der Waals surface area contributed by atoms with Gasteiger partial charge in [0, 0.05) is 35.5 Å². The molecule has 1 aromatic carbocycles. The van der Waals surface area contributed by atoms with Crippen molar-refractivity contribution in [3.8, 4) is 22.6 Å². The van der Waals surface area contributed by atoms with E-state index in [0.717, 1.165) is 43.8 Å². The zero-order chi connectivity index (χ0) is 18.1. The monoisotopic (exact) mass is 355 g/mol. The number of aromatic nitrogens is 1. The van der Waals surface area contributed by atoms with Gasteiger partial charge in [0.05, 0.1) is 19.6 Å². The van der Waals surface area contributed by atoms with Gasteiger partial charge >= 0.3 is 0 Å². The molecule has 2 aromatic heterocycles. The van der Waals surface area contributed by atoms with Crippen LogP contribution in [0.3, 0.4) is 0 Å². The van der Waals surface area contributed by atoms with Crippen LogP contribution >= 0.6 is 11.3 Å². The number of hydrogen-bond acceptors (Lipinski definition) is 4. The Hall–Kier alpha value is -2.53. The van der Waals surface area contributed by atoms with E-state index in [4.69, 9.17) is 9.47 Å². The lowest BCUT2D eigenvalue weighted by atomic mass is 9.99. The highest BCUT2D eigenvalue weighted by atomic mass is 32.1. The third-order valence-corrected chi connectivity index (χ3v) is 5.13. The minimum absolute atomic E-state index is 0.0119. The highest BCUT2D eigenvalue weighted by Crippen LogP contribution is 2.39. The predicted octanol–water partition coefficient (Wildman–Crippen LogP) is 4.40. The Labute approximate surface area is 150 Å². The van der Waals surface area contributed by atoms with Crippen molar-refractivity contribution >= 4 is 21.4 Å². The van der Waals surface area contributed by atoms with Gasteiger partial charge in [-0.1, -0.05) is 12.2 Å². The van der Waals surface area contributed by atoms with Crippen LogP contribution in [0.25, 0.3) is 21.2 Å². The Morgan fingerprint density at radius 2 is 1.88 bits per heavy atom. The van der Waals surface area contributed by atoms with E-state index in [0.29, 0.717) is 6.42 Å². The number of ether oxygens (including phenoxy) is 2. The van der Waals surface area contributed by atoms with Crippen LogP contribution in [0.4, 0.5) is 0 Å². The number of fused-ring (bicyclic) bond motifs is 1. The zero-order valence-electron chi connectivity index (χ0n) is 14.9. The largest absolute Gasteiger partial charge is 0.496 e. The standard InChI is InChI=1S/C20H21NO3S/c1-12(2)8-15-17(23-4)9-13(10-18(15)24-5)16-11-21(3)20(22)14-6-7-25-19(14)16/h6-7,9-11H,1,8H2,2-5H3. The van der Waals surface area contributed by atoms with Crippen LogP contribution < -0.4 is 15.0 Å². The topological polar surface area (TPSA) is 40.5 Å². The van der Waals surface area contributed by atoms with Gasteiger partial charge in [0.1, 0.15) is 11.5 Å². The number of pyridine rings is 1. The molecule has 0 spiro atoms. The van der Waals surface area contributed by atoms with Crippen molar-refractivity contribution in [2.24, 2.45) is 7.05 Å². The van der Waals surface area contributed by atoms with Gasteiger partial charge < -0.3 is 14.0 Å². The third kappa shape index (κ3) is 3.07. The number of thiophene rings is 1. The molecule has 0 atom stereocenters. The molecule has 4 nitrogen and oxygen atoms in total. The lowest BCUT2D eigenvalue weighted by molar-refractivity contribution is 0.387. The summed E-state index contributed by atoms with van der Waals surface area (Å²) in [6.07, 6.45) is 2.56. The smallest absolute Gasteiger partial charge is 0.259 e. The second-order valence-electron chi connectivity index (χ2n) is 6.12. The number of rotatable bonds is 5. The number of aryl methyl sites for hydroxylation is 1. The van der Waals surface area contributed by atoms with Gasteiger partial charge in [0.25, 0.3) is 5.56 Å². The summed E-state index contributed by atoms with van der Waals surface area (Å²) in [6, 6.07) is 5.87. The van der Waals surface area contributed by atoms with E-state index in [1.54, 1.807) is 37.2 Å². The predicted molar refractivity (Wildman–Crippen MR) is 104 cm³/mol. The maximum absolute atomic E-state index is 12.3. The quantitative estimate of drug-likeness (QED) is 0.637. The number of hydrogen-bond donors (Lipinski definition) is 0. The molecule has 5 heteroatoms. The van der Waals surface area contributed by atoms with Gasteiger partial charge in [-0.2, -0.15) is 0 Å². The molecule has 0 saturated heterocycles. The summed E-state index contributed by atoms with van der Waals surface area (Å²) >= 11 is 1.56. The summed E-state index contributed by atoms with van der Waals surface area (Å²) in [7, 11) is 5.08. The van der Waals surface area contributed by atoms with Crippen molar-refractivity contribution in [1.29, 1.82) is 0 Å². The molecule has 0 fully saturated rings. The van der Waals surface area contributed by atoms with Crippen LogP contribution in [0, 0.1) is 0 Å². The molecule has 0 saturated carbocycles. The summed E-state index contributed by atoms with van der Waals surface area (Å²) in [5.74, 6) is 1.52. The van der Waals surface area contributed by atoms with Gasteiger partial charge in [0.2, 0.25) is 0 Å². The van der Waals surface area contributed by atoms with Crippen molar-refractivity contribution < 1.29 is 9.47 Å². The molecule has 130 valence electrons. The molecule has 0 unspecified atom stereocenters. The SMILES string of the molecule is C=C(C)Cc1c(OC)cc(-c2cn(C)c(=O)c3ccsc23)cc1OC. The Bertz CT molecular complexity index is 988. The van der Waals surface area contributed by atoms with E-state index < -0.39 is 0 Å². The van der Waals surface area contributed by atoms with Crippen molar-refractivity contribution in [3.63, 3.8) is 0 Å². The summed E-state index contributed by atoms with van der Waals surface area (Å²) in [5.41, 5.74) is 3.98. The minimum atomic E-state index is 0.0119. The third-order valence-electron chi connectivity index (χ3n) is 4.18.